The number of rotatable bonds is 6. The van der Waals surface area contributed by atoms with Crippen LogP contribution in [0.25, 0.3) is 93.6 Å². The third kappa shape index (κ3) is 5.19. The molecule has 2 aromatic heterocycles. The predicted molar refractivity (Wildman–Crippen MR) is 300 cm³/mol. The number of furan rings is 2. The summed E-state index contributed by atoms with van der Waals surface area (Å²) in [6.45, 7) is 11.6. The molecule has 3 aliphatic carbocycles. The Bertz CT molecular complexity index is 4410. The van der Waals surface area contributed by atoms with Crippen LogP contribution in [0.1, 0.15) is 54.2 Å². The molecule has 3 heteroatoms. The molecular weight excluding hydrogens is 875 g/mol. The molecule has 2 heterocycles. The first-order valence-corrected chi connectivity index (χ1v) is 25.1. The second-order valence-corrected chi connectivity index (χ2v) is 20.2. The lowest BCUT2D eigenvalue weighted by molar-refractivity contribution is 0.660. The molecule has 3 nitrogen and oxygen atoms in total. The molecule has 340 valence electrons. The Morgan fingerprint density at radius 1 is 0.472 bits per heavy atom. The standard InChI is InChI=1S/C69H47NO2/c1-5-19-52-54(6-2)69(57-32-18-34-60(63(52)57)70(59-33-15-21-41-20-7-8-22-43(41)59)42-36-37-46-44-23-9-12-30-55(44)68(3,4)58(46)40-42)56-31-13-10-24-45(56)48-38-39-62-64(65(48)69)53-29-17-28-51(67(53)72-62)50-27-16-26-49-47-25-11-14-35-61(47)71-66(49)50/h5-40H,2H2,1,3-4H3/b19-5-. The quantitative estimate of drug-likeness (QED) is 0.166. The Balaban J connectivity index is 1.03. The molecule has 0 radical (unpaired) electrons. The van der Waals surface area contributed by atoms with E-state index < -0.39 is 5.41 Å². The zero-order valence-corrected chi connectivity index (χ0v) is 40.3. The van der Waals surface area contributed by atoms with Gasteiger partial charge in [-0.2, -0.15) is 0 Å². The van der Waals surface area contributed by atoms with Crippen LogP contribution < -0.4 is 4.90 Å². The fraction of sp³-hybridized carbons (Fsp3) is 0.0725. The first-order chi connectivity index (χ1) is 35.4. The van der Waals surface area contributed by atoms with Crippen LogP contribution in [0.3, 0.4) is 0 Å². The fourth-order valence-electron chi connectivity index (χ4n) is 13.5. The van der Waals surface area contributed by atoms with Crippen LogP contribution in [-0.2, 0) is 10.8 Å². The molecule has 1 spiro atoms. The maximum absolute atomic E-state index is 7.21. The van der Waals surface area contributed by atoms with E-state index >= 15 is 0 Å². The smallest absolute Gasteiger partial charge is 0.143 e. The molecule has 12 aromatic rings. The van der Waals surface area contributed by atoms with E-state index in [0.717, 1.165) is 83.2 Å². The number of fused-ring (bicyclic) bond motifs is 18. The SMILES string of the molecule is C=CC1=C(/C=C\C)c2c(N(c3ccc4c(c3)C(C)(C)c3ccccc3-4)c3cccc4ccccc34)cccc2C12c1ccccc1-c1ccc3oc4c(-c5cccc6c5oc5ccccc56)cccc4c3c12. The van der Waals surface area contributed by atoms with Gasteiger partial charge in [-0.25, -0.2) is 0 Å². The summed E-state index contributed by atoms with van der Waals surface area (Å²) >= 11 is 0. The predicted octanol–water partition coefficient (Wildman–Crippen LogP) is 18.9. The minimum absolute atomic E-state index is 0.185. The normalized spacial score (nSPS) is 16.1. The van der Waals surface area contributed by atoms with E-state index in [2.05, 4.69) is 232 Å². The summed E-state index contributed by atoms with van der Waals surface area (Å²) in [5.41, 5.74) is 22.7. The summed E-state index contributed by atoms with van der Waals surface area (Å²) < 4.78 is 13.9. The monoisotopic (exact) mass is 921 g/mol. The van der Waals surface area contributed by atoms with E-state index in [4.69, 9.17) is 15.4 Å². The van der Waals surface area contributed by atoms with Crippen molar-refractivity contribution in [3.8, 4) is 33.4 Å². The molecule has 0 fully saturated rings. The number of allylic oxidation sites excluding steroid dienone is 5. The summed E-state index contributed by atoms with van der Waals surface area (Å²) in [5, 5.41) is 6.76. The number of anilines is 3. The van der Waals surface area contributed by atoms with Crippen LogP contribution in [0.2, 0.25) is 0 Å². The molecule has 0 N–H and O–H groups in total. The van der Waals surface area contributed by atoms with Crippen molar-refractivity contribution in [2.24, 2.45) is 0 Å². The lowest BCUT2D eigenvalue weighted by atomic mass is 9.68. The van der Waals surface area contributed by atoms with Crippen molar-refractivity contribution in [2.45, 2.75) is 31.6 Å². The number of para-hydroxylation sites is 3. The molecule has 1 atom stereocenters. The van der Waals surface area contributed by atoms with Crippen molar-refractivity contribution in [1.82, 2.24) is 0 Å². The Labute approximate surface area is 417 Å². The fourth-order valence-corrected chi connectivity index (χ4v) is 13.5. The highest BCUT2D eigenvalue weighted by Gasteiger charge is 2.54. The van der Waals surface area contributed by atoms with Crippen molar-refractivity contribution >= 4 is 77.3 Å². The van der Waals surface area contributed by atoms with Crippen LogP contribution >= 0.6 is 0 Å². The van der Waals surface area contributed by atoms with Crippen molar-refractivity contribution < 1.29 is 8.83 Å². The molecule has 10 aromatic carbocycles. The molecule has 72 heavy (non-hydrogen) atoms. The van der Waals surface area contributed by atoms with E-state index in [1.54, 1.807) is 0 Å². The minimum Gasteiger partial charge on any atom is -0.455 e. The van der Waals surface area contributed by atoms with Gasteiger partial charge in [0.1, 0.15) is 22.3 Å². The van der Waals surface area contributed by atoms with Gasteiger partial charge in [-0.1, -0.05) is 202 Å². The van der Waals surface area contributed by atoms with Gasteiger partial charge in [-0.15, -0.1) is 0 Å². The Kier molecular flexibility index (Phi) is 8.41. The van der Waals surface area contributed by atoms with Crippen LogP contribution in [0, 0.1) is 0 Å². The molecule has 3 aliphatic rings. The average molecular weight is 922 g/mol. The Morgan fingerprint density at radius 3 is 1.88 bits per heavy atom. The van der Waals surface area contributed by atoms with E-state index in [0.29, 0.717) is 0 Å². The lowest BCUT2D eigenvalue weighted by Gasteiger charge is -2.33. The Hall–Kier alpha value is -8.92. The summed E-state index contributed by atoms with van der Waals surface area (Å²) in [5.74, 6) is 0. The van der Waals surface area contributed by atoms with Crippen LogP contribution in [0.4, 0.5) is 17.1 Å². The molecule has 1 unspecified atom stereocenters. The Morgan fingerprint density at radius 2 is 1.06 bits per heavy atom. The topological polar surface area (TPSA) is 29.5 Å². The first-order valence-electron chi connectivity index (χ1n) is 25.1. The number of nitrogens with zero attached hydrogens (tertiary/aromatic N) is 1. The van der Waals surface area contributed by atoms with E-state index in [1.807, 2.05) is 12.1 Å². The van der Waals surface area contributed by atoms with Gasteiger partial charge >= 0.3 is 0 Å². The van der Waals surface area contributed by atoms with Gasteiger partial charge in [0.15, 0.2) is 0 Å². The first kappa shape index (κ1) is 40.9. The third-order valence-electron chi connectivity index (χ3n) is 16.4. The van der Waals surface area contributed by atoms with Crippen LogP contribution in [-0.4, -0.2) is 0 Å². The number of hydrogen-bond acceptors (Lipinski definition) is 3. The van der Waals surface area contributed by atoms with E-state index in [-0.39, 0.29) is 5.41 Å². The van der Waals surface area contributed by atoms with Gasteiger partial charge in [-0.05, 0) is 110 Å². The van der Waals surface area contributed by atoms with Crippen LogP contribution in [0.5, 0.6) is 0 Å². The summed E-state index contributed by atoms with van der Waals surface area (Å²) in [6.07, 6.45) is 6.64. The highest BCUT2D eigenvalue weighted by Crippen LogP contribution is 2.66. The largest absolute Gasteiger partial charge is 0.455 e. The van der Waals surface area contributed by atoms with Crippen LogP contribution in [0.15, 0.2) is 239 Å². The number of benzene rings is 10. The number of hydrogen-bond donors (Lipinski definition) is 0. The highest BCUT2D eigenvalue weighted by atomic mass is 16.3. The second-order valence-electron chi connectivity index (χ2n) is 20.2. The van der Waals surface area contributed by atoms with E-state index in [9.17, 15) is 0 Å². The lowest BCUT2D eigenvalue weighted by Crippen LogP contribution is -2.27. The maximum atomic E-state index is 7.21. The van der Waals surface area contributed by atoms with Crippen molar-refractivity contribution in [2.75, 3.05) is 4.90 Å². The van der Waals surface area contributed by atoms with Gasteiger partial charge < -0.3 is 13.7 Å². The average Bonchev–Trinajstić information content (AvgIpc) is 4.21. The molecule has 0 aliphatic heterocycles. The minimum atomic E-state index is -0.745. The van der Waals surface area contributed by atoms with Crippen molar-refractivity contribution in [3.05, 3.63) is 264 Å². The zero-order valence-electron chi connectivity index (χ0n) is 40.3. The van der Waals surface area contributed by atoms with E-state index in [1.165, 1.54) is 66.4 Å². The van der Waals surface area contributed by atoms with Gasteiger partial charge in [0.05, 0.1) is 16.8 Å². The molecule has 0 saturated heterocycles. The van der Waals surface area contributed by atoms with Crippen molar-refractivity contribution in [1.29, 1.82) is 0 Å². The van der Waals surface area contributed by atoms with Crippen molar-refractivity contribution in [3.63, 3.8) is 0 Å². The molecular formula is C69H47NO2. The summed E-state index contributed by atoms with van der Waals surface area (Å²) in [4.78, 5) is 2.53. The highest BCUT2D eigenvalue weighted by molar-refractivity contribution is 6.19. The van der Waals surface area contributed by atoms with Gasteiger partial charge in [0.25, 0.3) is 0 Å². The molecule has 15 rings (SSSR count). The van der Waals surface area contributed by atoms with Gasteiger partial charge in [0.2, 0.25) is 0 Å². The zero-order chi connectivity index (χ0) is 48.0. The summed E-state index contributed by atoms with van der Waals surface area (Å²) in [6, 6.07) is 73.4. The van der Waals surface area contributed by atoms with Gasteiger partial charge in [0, 0.05) is 54.7 Å². The molecule has 0 amide bonds. The second kappa shape index (κ2) is 14.8. The summed E-state index contributed by atoms with van der Waals surface area (Å²) in [7, 11) is 0. The molecule has 0 bridgehead atoms. The third-order valence-corrected chi connectivity index (χ3v) is 16.4. The van der Waals surface area contributed by atoms with Gasteiger partial charge in [-0.3, -0.25) is 0 Å². The maximum Gasteiger partial charge on any atom is 0.143 e. The molecule has 0 saturated carbocycles.